The van der Waals surface area contributed by atoms with Gasteiger partial charge >= 0.3 is 11.9 Å². The van der Waals surface area contributed by atoms with Gasteiger partial charge in [-0.2, -0.15) is 0 Å². The van der Waals surface area contributed by atoms with E-state index in [1.54, 1.807) is 27.7 Å². The number of hydrogen-bond acceptors (Lipinski definition) is 12. The predicted octanol–water partition coefficient (Wildman–Crippen LogP) is 3.44. The summed E-state index contributed by atoms with van der Waals surface area (Å²) in [6.45, 7) is 12.3. The molecule has 3 heterocycles. The molecule has 3 rings (SSSR count). The summed E-state index contributed by atoms with van der Waals surface area (Å²) in [7, 11) is 5.53. The summed E-state index contributed by atoms with van der Waals surface area (Å²) in [6, 6.07) is 0.194. The summed E-state index contributed by atoms with van der Waals surface area (Å²) in [6.07, 6.45) is -1.71. The molecule has 13 atom stereocenters. The molecule has 3 aliphatic rings. The number of rotatable bonds is 7. The SMILES string of the molecule is CC[C@@H]1OC(=O)C(C)C(=O)C(C)[C@@H](OC2CC(N(C)C)CC(C)O2)[C@](C)(OC)C[C@@H](C)C(=O)[C@H](C)C2C(/C(N)=N/OI)C(=O)OC21. The normalized spacial score (nSPS) is 41.9. The fourth-order valence-electron chi connectivity index (χ4n) is 7.44. The summed E-state index contributed by atoms with van der Waals surface area (Å²) < 4.78 is 35.4. The maximum absolute atomic E-state index is 14.2. The highest BCUT2D eigenvalue weighted by molar-refractivity contribution is 14.1. The van der Waals surface area contributed by atoms with E-state index in [-0.39, 0.29) is 36.6 Å². The molecule has 0 aromatic rings. The molecule has 262 valence electrons. The molecule has 0 aliphatic carbocycles. The van der Waals surface area contributed by atoms with Gasteiger partial charge in [-0.1, -0.05) is 32.9 Å². The lowest BCUT2D eigenvalue weighted by Crippen LogP contribution is -2.55. The van der Waals surface area contributed by atoms with Crippen molar-refractivity contribution in [1.29, 1.82) is 0 Å². The molecule has 13 nitrogen and oxygen atoms in total. The number of esters is 2. The number of ketones is 2. The van der Waals surface area contributed by atoms with Crippen LogP contribution in [0.4, 0.5) is 0 Å². The second kappa shape index (κ2) is 16.0. The molecule has 14 heteroatoms. The molecule has 0 saturated carbocycles. The largest absolute Gasteiger partial charge is 0.458 e. The number of fused-ring (bicyclic) bond motifs is 1. The highest BCUT2D eigenvalue weighted by atomic mass is 127. The van der Waals surface area contributed by atoms with E-state index in [0.717, 1.165) is 6.42 Å². The van der Waals surface area contributed by atoms with E-state index >= 15 is 0 Å². The summed E-state index contributed by atoms with van der Waals surface area (Å²) in [4.78, 5) is 57.1. The Labute approximate surface area is 286 Å². The summed E-state index contributed by atoms with van der Waals surface area (Å²) in [5, 5.41) is 3.77. The zero-order valence-corrected chi connectivity index (χ0v) is 30.8. The number of hydrogen-bond donors (Lipinski definition) is 1. The first-order chi connectivity index (χ1) is 21.5. The number of nitrogens with zero attached hydrogens (tertiary/aromatic N) is 2. The van der Waals surface area contributed by atoms with Crippen LogP contribution in [0.15, 0.2) is 5.16 Å². The number of nitrogens with two attached hydrogens (primary N) is 1. The Morgan fingerprint density at radius 1 is 1.02 bits per heavy atom. The Morgan fingerprint density at radius 2 is 1.67 bits per heavy atom. The quantitative estimate of drug-likeness (QED) is 0.100. The molecule has 46 heavy (non-hydrogen) atoms. The number of methoxy groups -OCH3 is 1. The average molecular weight is 766 g/mol. The Kier molecular flexibility index (Phi) is 13.4. The summed E-state index contributed by atoms with van der Waals surface area (Å²) in [5.74, 6) is -7.48. The van der Waals surface area contributed by atoms with Gasteiger partial charge in [0.15, 0.2) is 17.9 Å². The van der Waals surface area contributed by atoms with Crippen LogP contribution in [0.2, 0.25) is 0 Å². The van der Waals surface area contributed by atoms with Crippen LogP contribution in [-0.2, 0) is 46.0 Å². The maximum Gasteiger partial charge on any atom is 0.317 e. The van der Waals surface area contributed by atoms with Crippen LogP contribution >= 0.6 is 23.0 Å². The predicted molar refractivity (Wildman–Crippen MR) is 176 cm³/mol. The van der Waals surface area contributed by atoms with Crippen LogP contribution in [0.1, 0.15) is 74.1 Å². The molecular weight excluding hydrogens is 713 g/mol. The number of amidine groups is 1. The number of halogens is 1. The highest BCUT2D eigenvalue weighted by Gasteiger charge is 2.56. The Balaban J connectivity index is 2.11. The summed E-state index contributed by atoms with van der Waals surface area (Å²) in [5.41, 5.74) is 5.02. The molecule has 0 radical (unpaired) electrons. The standard InChI is InChI=1S/C32H52IN3O10/c1-11-21-27-23(24(31(40)45-27)29(34)35-46-33)17(4)25(37)15(2)14-32(7,41-10)28(18(5)26(38)19(6)30(39)43-21)44-22-13-20(36(8)9)12-16(3)42-22/h15-24,27-28H,11-14H2,1-10H3,(H2,34,35)/t15-,16?,17-,18?,19?,20?,21+,22?,23?,24?,27?,28-,32-/m1/s1. The molecule has 8 unspecified atom stereocenters. The molecule has 0 bridgehead atoms. The van der Waals surface area contributed by atoms with Gasteiger partial charge in [-0.05, 0) is 54.1 Å². The number of cyclic esters (lactones) is 1. The molecule has 0 aromatic heterocycles. The van der Waals surface area contributed by atoms with E-state index in [2.05, 4.69) is 10.1 Å². The Hall–Kier alpha value is -1.88. The van der Waals surface area contributed by atoms with E-state index in [0.29, 0.717) is 6.42 Å². The van der Waals surface area contributed by atoms with Crippen molar-refractivity contribution in [3.05, 3.63) is 0 Å². The van der Waals surface area contributed by atoms with Crippen molar-refractivity contribution >= 4 is 52.3 Å². The van der Waals surface area contributed by atoms with Crippen molar-refractivity contribution in [3.8, 4) is 0 Å². The number of ether oxygens (including phenoxy) is 5. The zero-order valence-electron chi connectivity index (χ0n) is 28.7. The van der Waals surface area contributed by atoms with Crippen LogP contribution < -0.4 is 5.73 Å². The van der Waals surface area contributed by atoms with E-state index < -0.39 is 83.4 Å². The fraction of sp³-hybridized carbons (Fsp3) is 0.844. The van der Waals surface area contributed by atoms with Gasteiger partial charge in [0.1, 0.15) is 29.8 Å². The molecule has 3 saturated heterocycles. The van der Waals surface area contributed by atoms with Gasteiger partial charge in [0, 0.05) is 43.2 Å². The van der Waals surface area contributed by atoms with Crippen molar-refractivity contribution in [2.45, 2.75) is 116 Å². The van der Waals surface area contributed by atoms with Crippen molar-refractivity contribution in [1.82, 2.24) is 4.90 Å². The van der Waals surface area contributed by atoms with Crippen molar-refractivity contribution in [2.75, 3.05) is 21.2 Å². The molecule has 0 aromatic carbocycles. The minimum atomic E-state index is -1.16. The second-order valence-electron chi connectivity index (χ2n) is 13.7. The van der Waals surface area contributed by atoms with Crippen LogP contribution in [0.25, 0.3) is 0 Å². The van der Waals surface area contributed by atoms with Crippen molar-refractivity contribution < 1.29 is 46.0 Å². The molecule has 3 fully saturated rings. The third kappa shape index (κ3) is 8.21. The van der Waals surface area contributed by atoms with Gasteiger partial charge in [-0.15, -0.1) is 0 Å². The van der Waals surface area contributed by atoms with E-state index in [1.165, 1.54) is 37.0 Å². The maximum atomic E-state index is 14.2. The summed E-state index contributed by atoms with van der Waals surface area (Å²) >= 11 is 1.53. The average Bonchev–Trinajstić information content (AvgIpc) is 3.36. The lowest BCUT2D eigenvalue weighted by Gasteiger charge is -2.45. The van der Waals surface area contributed by atoms with Gasteiger partial charge in [0.2, 0.25) is 23.0 Å². The minimum absolute atomic E-state index is 0.0866. The molecule has 3 aliphatic heterocycles. The monoisotopic (exact) mass is 765 g/mol. The second-order valence-corrected chi connectivity index (χ2v) is 14.1. The van der Waals surface area contributed by atoms with Gasteiger partial charge in [0.05, 0.1) is 17.8 Å². The Bertz CT molecular complexity index is 1150. The number of Topliss-reactive ketones (excluding diaryl/α,β-unsaturated/α-hetero) is 2. The van der Waals surface area contributed by atoms with Crippen LogP contribution in [0, 0.1) is 35.5 Å². The molecular formula is C32H52IN3O10. The number of carbonyl (C=O) groups excluding carboxylic acids is 4. The van der Waals surface area contributed by atoms with Crippen LogP contribution in [0.3, 0.4) is 0 Å². The smallest absolute Gasteiger partial charge is 0.317 e. The van der Waals surface area contributed by atoms with Crippen LogP contribution in [0.5, 0.6) is 0 Å². The molecule has 2 N–H and O–H groups in total. The lowest BCUT2D eigenvalue weighted by molar-refractivity contribution is -0.262. The van der Waals surface area contributed by atoms with Gasteiger partial charge in [-0.3, -0.25) is 19.2 Å². The third-order valence-corrected chi connectivity index (χ3v) is 10.4. The molecule has 0 spiro atoms. The topological polar surface area (TPSA) is 165 Å². The minimum Gasteiger partial charge on any atom is -0.458 e. The van der Waals surface area contributed by atoms with Gasteiger partial charge < -0.3 is 37.5 Å². The number of carbonyl (C=O) groups is 4. The Morgan fingerprint density at radius 3 is 2.24 bits per heavy atom. The number of oxime groups is 1. The zero-order chi connectivity index (χ0) is 34.7. The van der Waals surface area contributed by atoms with E-state index in [4.69, 9.17) is 32.6 Å². The molecule has 0 amide bonds. The lowest BCUT2D eigenvalue weighted by atomic mass is 9.71. The first kappa shape index (κ1) is 38.6. The van der Waals surface area contributed by atoms with Crippen LogP contribution in [-0.4, -0.2) is 97.8 Å². The first-order valence-electron chi connectivity index (χ1n) is 16.1. The van der Waals surface area contributed by atoms with E-state index in [1.807, 2.05) is 27.9 Å². The third-order valence-electron chi connectivity index (χ3n) is 10.2. The first-order valence-corrected chi connectivity index (χ1v) is 17.0. The van der Waals surface area contributed by atoms with E-state index in [9.17, 15) is 19.2 Å². The highest BCUT2D eigenvalue weighted by Crippen LogP contribution is 2.42. The van der Waals surface area contributed by atoms with Gasteiger partial charge in [-0.25, -0.2) is 0 Å². The van der Waals surface area contributed by atoms with Crippen molar-refractivity contribution in [2.24, 2.45) is 46.4 Å². The van der Waals surface area contributed by atoms with Crippen molar-refractivity contribution in [3.63, 3.8) is 0 Å². The van der Waals surface area contributed by atoms with Gasteiger partial charge in [0.25, 0.3) is 0 Å². The fourth-order valence-corrected chi connectivity index (χ4v) is 7.66.